The van der Waals surface area contributed by atoms with Crippen molar-refractivity contribution >= 4 is 34.9 Å². The van der Waals surface area contributed by atoms with Crippen molar-refractivity contribution in [3.05, 3.63) is 23.8 Å². The molecule has 7 nitrogen and oxygen atoms in total. The molecule has 0 spiro atoms. The van der Waals surface area contributed by atoms with Crippen molar-refractivity contribution in [3.63, 3.8) is 0 Å². The molecule has 96 valence electrons. The molecule has 2 heterocycles. The van der Waals surface area contributed by atoms with E-state index in [0.717, 1.165) is 11.7 Å². The SMILES string of the molecule is O=Cc1ccc2c(N3CCC(=O)NC3=O)n[nH]c2c1. The minimum Gasteiger partial charge on any atom is -0.298 e. The van der Waals surface area contributed by atoms with Gasteiger partial charge in [-0.05, 0) is 12.1 Å². The van der Waals surface area contributed by atoms with Crippen LogP contribution in [0.1, 0.15) is 16.8 Å². The van der Waals surface area contributed by atoms with E-state index >= 15 is 0 Å². The van der Waals surface area contributed by atoms with Gasteiger partial charge in [0.25, 0.3) is 0 Å². The Balaban J connectivity index is 2.03. The van der Waals surface area contributed by atoms with Gasteiger partial charge in [0.15, 0.2) is 5.82 Å². The highest BCUT2D eigenvalue weighted by atomic mass is 16.2. The molecule has 0 saturated carbocycles. The molecule has 7 heteroatoms. The van der Waals surface area contributed by atoms with E-state index in [1.807, 2.05) is 0 Å². The minimum atomic E-state index is -0.482. The highest BCUT2D eigenvalue weighted by Gasteiger charge is 2.27. The van der Waals surface area contributed by atoms with E-state index in [9.17, 15) is 14.4 Å². The first-order chi connectivity index (χ1) is 9.19. The zero-order valence-electron chi connectivity index (χ0n) is 9.84. The molecule has 3 rings (SSSR count). The maximum atomic E-state index is 11.8. The van der Waals surface area contributed by atoms with Crippen LogP contribution in [0.3, 0.4) is 0 Å². The highest BCUT2D eigenvalue weighted by molar-refractivity contribution is 6.09. The van der Waals surface area contributed by atoms with Crippen LogP contribution in [-0.2, 0) is 4.79 Å². The number of fused-ring (bicyclic) bond motifs is 1. The van der Waals surface area contributed by atoms with E-state index in [-0.39, 0.29) is 12.3 Å². The average Bonchev–Trinajstić information content (AvgIpc) is 2.81. The van der Waals surface area contributed by atoms with Crippen molar-refractivity contribution in [1.82, 2.24) is 15.5 Å². The van der Waals surface area contributed by atoms with E-state index in [4.69, 9.17) is 0 Å². The molecule has 0 unspecified atom stereocenters. The number of carbonyl (C=O) groups is 3. The summed E-state index contributed by atoms with van der Waals surface area (Å²) in [5.41, 5.74) is 1.20. The Hall–Kier alpha value is -2.70. The first-order valence-electron chi connectivity index (χ1n) is 5.73. The molecule has 0 radical (unpaired) electrons. The minimum absolute atomic E-state index is 0.243. The van der Waals surface area contributed by atoms with Crippen LogP contribution in [0, 0.1) is 0 Å². The maximum absolute atomic E-state index is 11.8. The number of carbonyl (C=O) groups excluding carboxylic acids is 3. The summed E-state index contributed by atoms with van der Waals surface area (Å²) >= 11 is 0. The van der Waals surface area contributed by atoms with Crippen molar-refractivity contribution in [2.24, 2.45) is 0 Å². The summed E-state index contributed by atoms with van der Waals surface area (Å²) in [5, 5.41) is 9.83. The van der Waals surface area contributed by atoms with Crippen LogP contribution in [-0.4, -0.2) is 35.0 Å². The Kier molecular flexibility index (Phi) is 2.52. The van der Waals surface area contributed by atoms with Gasteiger partial charge >= 0.3 is 6.03 Å². The molecule has 3 amide bonds. The molecule has 19 heavy (non-hydrogen) atoms. The molecule has 0 atom stereocenters. The van der Waals surface area contributed by atoms with Crippen LogP contribution >= 0.6 is 0 Å². The molecule has 1 saturated heterocycles. The number of aldehydes is 1. The molecule has 1 fully saturated rings. The van der Waals surface area contributed by atoms with Gasteiger partial charge in [-0.25, -0.2) is 4.79 Å². The van der Waals surface area contributed by atoms with Gasteiger partial charge < -0.3 is 0 Å². The van der Waals surface area contributed by atoms with Gasteiger partial charge in [0.2, 0.25) is 5.91 Å². The summed E-state index contributed by atoms with van der Waals surface area (Å²) in [6.07, 6.45) is 0.985. The molecule has 1 aromatic heterocycles. The first-order valence-corrected chi connectivity index (χ1v) is 5.73. The molecule has 1 aliphatic rings. The van der Waals surface area contributed by atoms with Gasteiger partial charge in [-0.2, -0.15) is 5.10 Å². The number of nitrogens with one attached hydrogen (secondary N) is 2. The lowest BCUT2D eigenvalue weighted by molar-refractivity contribution is -0.120. The normalized spacial score (nSPS) is 15.7. The number of aromatic nitrogens is 2. The zero-order chi connectivity index (χ0) is 13.4. The number of aromatic amines is 1. The number of anilines is 1. The van der Waals surface area contributed by atoms with Crippen LogP contribution in [0.15, 0.2) is 18.2 Å². The summed E-state index contributed by atoms with van der Waals surface area (Å²) in [5.74, 6) is 0.168. The fourth-order valence-electron chi connectivity index (χ4n) is 2.07. The van der Waals surface area contributed by atoms with Crippen molar-refractivity contribution in [2.45, 2.75) is 6.42 Å². The number of benzene rings is 1. The van der Waals surface area contributed by atoms with E-state index in [0.29, 0.717) is 23.4 Å². The number of rotatable bonds is 2. The number of hydrogen-bond donors (Lipinski definition) is 2. The number of urea groups is 1. The van der Waals surface area contributed by atoms with Crippen LogP contribution < -0.4 is 10.2 Å². The largest absolute Gasteiger partial charge is 0.329 e. The zero-order valence-corrected chi connectivity index (χ0v) is 9.84. The summed E-state index contributed by atoms with van der Waals surface area (Å²) in [6, 6.07) is 4.55. The van der Waals surface area contributed by atoms with Crippen molar-refractivity contribution < 1.29 is 14.4 Å². The quantitative estimate of drug-likeness (QED) is 0.779. The molecule has 0 bridgehead atoms. The third-order valence-corrected chi connectivity index (χ3v) is 3.01. The predicted molar refractivity (Wildman–Crippen MR) is 67.0 cm³/mol. The second kappa shape index (κ2) is 4.20. The Bertz CT molecular complexity index is 691. The fourth-order valence-corrected chi connectivity index (χ4v) is 2.07. The van der Waals surface area contributed by atoms with Gasteiger partial charge in [0.1, 0.15) is 6.29 Å². The Labute approximate surface area is 107 Å². The first kappa shape index (κ1) is 11.4. The molecule has 0 aliphatic carbocycles. The number of amides is 3. The van der Waals surface area contributed by atoms with Crippen molar-refractivity contribution in [1.29, 1.82) is 0 Å². The van der Waals surface area contributed by atoms with E-state index in [2.05, 4.69) is 15.5 Å². The third-order valence-electron chi connectivity index (χ3n) is 3.01. The lowest BCUT2D eigenvalue weighted by atomic mass is 10.1. The lowest BCUT2D eigenvalue weighted by Gasteiger charge is -2.24. The molecule has 1 aliphatic heterocycles. The number of hydrogen-bond acceptors (Lipinski definition) is 4. The molecule has 2 N–H and O–H groups in total. The average molecular weight is 258 g/mol. The Morgan fingerprint density at radius 3 is 2.89 bits per heavy atom. The second-order valence-electron chi connectivity index (χ2n) is 4.23. The van der Waals surface area contributed by atoms with Gasteiger partial charge in [0.05, 0.1) is 5.52 Å². The molecule has 1 aromatic carbocycles. The van der Waals surface area contributed by atoms with Crippen LogP contribution in [0.2, 0.25) is 0 Å². The maximum Gasteiger partial charge on any atom is 0.329 e. The molecule has 2 aromatic rings. The fraction of sp³-hybridized carbons (Fsp3) is 0.167. The summed E-state index contributed by atoms with van der Waals surface area (Å²) in [6.45, 7) is 0.292. The smallest absolute Gasteiger partial charge is 0.298 e. The number of nitrogens with zero attached hydrogens (tertiary/aromatic N) is 2. The number of H-pyrrole nitrogens is 1. The van der Waals surface area contributed by atoms with Crippen LogP contribution in [0.5, 0.6) is 0 Å². The summed E-state index contributed by atoms with van der Waals surface area (Å²) in [7, 11) is 0. The second-order valence-corrected chi connectivity index (χ2v) is 4.23. The predicted octanol–water partition coefficient (Wildman–Crippen LogP) is 0.822. The van der Waals surface area contributed by atoms with Gasteiger partial charge in [-0.15, -0.1) is 0 Å². The van der Waals surface area contributed by atoms with E-state index < -0.39 is 6.03 Å². The van der Waals surface area contributed by atoms with Gasteiger partial charge in [-0.1, -0.05) is 6.07 Å². The van der Waals surface area contributed by atoms with Crippen molar-refractivity contribution in [3.8, 4) is 0 Å². The van der Waals surface area contributed by atoms with Crippen LogP contribution in [0.4, 0.5) is 10.6 Å². The van der Waals surface area contributed by atoms with Gasteiger partial charge in [-0.3, -0.25) is 24.9 Å². The highest BCUT2D eigenvalue weighted by Crippen LogP contribution is 2.25. The number of imide groups is 1. The molecular formula is C12H10N4O3. The Morgan fingerprint density at radius 2 is 2.16 bits per heavy atom. The van der Waals surface area contributed by atoms with Crippen LogP contribution in [0.25, 0.3) is 10.9 Å². The van der Waals surface area contributed by atoms with E-state index in [1.54, 1.807) is 18.2 Å². The van der Waals surface area contributed by atoms with E-state index in [1.165, 1.54) is 4.90 Å². The summed E-state index contributed by atoms with van der Waals surface area (Å²) in [4.78, 5) is 35.0. The molecular weight excluding hydrogens is 248 g/mol. The monoisotopic (exact) mass is 258 g/mol. The Morgan fingerprint density at radius 1 is 1.32 bits per heavy atom. The van der Waals surface area contributed by atoms with Gasteiger partial charge in [0, 0.05) is 23.9 Å². The topological polar surface area (TPSA) is 95.2 Å². The summed E-state index contributed by atoms with van der Waals surface area (Å²) < 4.78 is 0. The lowest BCUT2D eigenvalue weighted by Crippen LogP contribution is -2.49. The third kappa shape index (κ3) is 1.85. The van der Waals surface area contributed by atoms with Crippen molar-refractivity contribution in [2.75, 3.05) is 11.4 Å². The standard InChI is InChI=1S/C12H10N4O3/c17-6-7-1-2-8-9(5-7)14-15-11(8)16-4-3-10(18)13-12(16)19/h1-2,5-6H,3-4H2,(H,14,15)(H,13,18,19).